The number of ether oxygens (including phenoxy) is 6. The first-order valence-corrected chi connectivity index (χ1v) is 21.2. The molecule has 7 rings (SSSR count). The molecule has 3 heterocycles. The van der Waals surface area contributed by atoms with Crippen molar-refractivity contribution in [3.05, 3.63) is 24.3 Å². The summed E-state index contributed by atoms with van der Waals surface area (Å²) in [5.41, 5.74) is -2.41. The molecule has 14 nitrogen and oxygen atoms in total. The molecule has 3 saturated carbocycles. The van der Waals surface area contributed by atoms with E-state index < -0.39 is 104 Å². The second-order valence-corrected chi connectivity index (χ2v) is 20.1. The van der Waals surface area contributed by atoms with E-state index in [0.717, 1.165) is 38.5 Å². The molecule has 0 aromatic carbocycles. The Bertz CT molecular complexity index is 1500. The molecule has 2 bridgehead atoms. The number of aliphatic hydroxyl groups is 8. The minimum atomic E-state index is -1.52. The van der Waals surface area contributed by atoms with E-state index in [2.05, 4.69) is 52.8 Å². The molecule has 0 aromatic heterocycles. The maximum atomic E-state index is 10.9. The molecule has 8 N–H and O–H groups in total. The van der Waals surface area contributed by atoms with Crippen LogP contribution in [0.15, 0.2) is 24.3 Å². The van der Waals surface area contributed by atoms with E-state index in [1.807, 2.05) is 19.9 Å². The molecule has 0 unspecified atom stereocenters. The molecule has 20 atom stereocenters. The van der Waals surface area contributed by atoms with Gasteiger partial charge in [0, 0.05) is 23.9 Å². The van der Waals surface area contributed by atoms with E-state index in [4.69, 9.17) is 28.4 Å². The van der Waals surface area contributed by atoms with Crippen molar-refractivity contribution in [1.29, 1.82) is 0 Å². The highest BCUT2D eigenvalue weighted by molar-refractivity contribution is 5.34. The topological polar surface area (TPSA) is 217 Å². The SMILES string of the molecule is CO[C@@H]1O[C@]23C=C[C@@H]4[C@@]1(CC[C@]1(C)[C@@H]([C@H](C)C/C=C/C(C)(C)O[C@@H]5O[C@H](CO)[C@@H](O)[C@H](O)[C@H]5O)CC[C@@]41C)[C@@H]2CC[C@H](O[C@@H]1O[C@H](CO)[C@@H](O)[C@@H](O)[C@H]1O)C3(C)C. The normalized spacial score (nSPS) is 52.4. The van der Waals surface area contributed by atoms with Crippen LogP contribution < -0.4 is 0 Å². The van der Waals surface area contributed by atoms with Crippen LogP contribution in [0.4, 0.5) is 0 Å². The van der Waals surface area contributed by atoms with Crippen molar-refractivity contribution in [1.82, 2.24) is 0 Å². The molecular formula is C43H70O14. The van der Waals surface area contributed by atoms with E-state index in [1.54, 1.807) is 7.11 Å². The molecule has 7 aliphatic rings. The Morgan fingerprint density at radius 1 is 0.789 bits per heavy atom. The van der Waals surface area contributed by atoms with Gasteiger partial charge in [-0.3, -0.25) is 0 Å². The van der Waals surface area contributed by atoms with Crippen molar-refractivity contribution >= 4 is 0 Å². The molecule has 14 heteroatoms. The Morgan fingerprint density at radius 3 is 2.02 bits per heavy atom. The lowest BCUT2D eigenvalue weighted by molar-refractivity contribution is -0.331. The maximum absolute atomic E-state index is 10.9. The Hall–Kier alpha value is -1.08. The Labute approximate surface area is 337 Å². The smallest absolute Gasteiger partial charge is 0.187 e. The van der Waals surface area contributed by atoms with Crippen molar-refractivity contribution in [2.75, 3.05) is 20.3 Å². The van der Waals surface area contributed by atoms with Crippen molar-refractivity contribution in [3.8, 4) is 0 Å². The standard InChI is InChI=1S/C43H70O14/c1-22(10-9-15-38(2,3)56-36-34(51)32(49)30(47)25(21-45)54-36)23-13-16-41(7)26-14-17-43-27(42(26,37(52-8)57-43)19-18-40(23,41)6)11-12-28(39(43,4)5)55-35-33(50)31(48)29(46)24(20-44)53-35/h9,14-15,17,22-37,44-51H,10-13,16,18-21H2,1-8H3/b15-9+/t22-,23-,24-,25-,26+,27+,28+,29-,30-,31-,32+,33-,34-,35+,36+,37-,40-,41+,42+,43-/m1/s1. The quantitative estimate of drug-likeness (QED) is 0.140. The number of rotatable bonds is 11. The summed E-state index contributed by atoms with van der Waals surface area (Å²) in [5.74, 6) is 1.19. The fourth-order valence-corrected chi connectivity index (χ4v) is 13.3. The van der Waals surface area contributed by atoms with Gasteiger partial charge in [-0.1, -0.05) is 58.9 Å². The van der Waals surface area contributed by atoms with Crippen LogP contribution in [-0.4, -0.2) is 146 Å². The number of hydrogen-bond acceptors (Lipinski definition) is 14. The van der Waals surface area contributed by atoms with Crippen LogP contribution in [0.3, 0.4) is 0 Å². The number of allylic oxidation sites excluding steroid dienone is 2. The molecule has 326 valence electrons. The van der Waals surface area contributed by atoms with Gasteiger partial charge in [-0.25, -0.2) is 0 Å². The third kappa shape index (κ3) is 6.49. The van der Waals surface area contributed by atoms with Gasteiger partial charge < -0.3 is 69.3 Å². The molecule has 4 aliphatic carbocycles. The summed E-state index contributed by atoms with van der Waals surface area (Å²) in [6.07, 6.45) is 1.01. The Balaban J connectivity index is 1.08. The lowest BCUT2D eigenvalue weighted by Crippen LogP contribution is -2.66. The molecular weight excluding hydrogens is 740 g/mol. The molecule has 6 fully saturated rings. The lowest BCUT2D eigenvalue weighted by atomic mass is 9.38. The van der Waals surface area contributed by atoms with Crippen LogP contribution in [0.2, 0.25) is 0 Å². The van der Waals surface area contributed by atoms with E-state index in [1.165, 1.54) is 0 Å². The highest BCUT2D eigenvalue weighted by atomic mass is 16.7. The second kappa shape index (κ2) is 15.4. The van der Waals surface area contributed by atoms with Gasteiger partial charge in [0.05, 0.1) is 24.9 Å². The van der Waals surface area contributed by atoms with Gasteiger partial charge in [0.1, 0.15) is 54.4 Å². The van der Waals surface area contributed by atoms with Gasteiger partial charge in [0.25, 0.3) is 0 Å². The summed E-state index contributed by atoms with van der Waals surface area (Å²) >= 11 is 0. The molecule has 3 saturated heterocycles. The Kier molecular flexibility index (Phi) is 11.9. The number of methoxy groups -OCH3 is 1. The highest BCUT2D eigenvalue weighted by Crippen LogP contribution is 2.79. The molecule has 1 spiro atoms. The zero-order valence-corrected chi connectivity index (χ0v) is 34.9. The number of fused-ring (bicyclic) bond motifs is 2. The predicted octanol–water partition coefficient (Wildman–Crippen LogP) is 1.92. The van der Waals surface area contributed by atoms with Crippen molar-refractivity contribution in [2.45, 2.75) is 178 Å². The van der Waals surface area contributed by atoms with Crippen molar-refractivity contribution in [3.63, 3.8) is 0 Å². The van der Waals surface area contributed by atoms with Crippen LogP contribution in [0, 0.1) is 45.3 Å². The van der Waals surface area contributed by atoms with Gasteiger partial charge >= 0.3 is 0 Å². The van der Waals surface area contributed by atoms with Gasteiger partial charge in [-0.2, -0.15) is 0 Å². The first-order valence-electron chi connectivity index (χ1n) is 21.2. The van der Waals surface area contributed by atoms with Gasteiger partial charge in [0.2, 0.25) is 0 Å². The zero-order chi connectivity index (χ0) is 41.7. The summed E-state index contributed by atoms with van der Waals surface area (Å²) < 4.78 is 37.5. The van der Waals surface area contributed by atoms with Gasteiger partial charge in [-0.15, -0.1) is 0 Å². The van der Waals surface area contributed by atoms with Crippen molar-refractivity contribution in [2.24, 2.45) is 45.3 Å². The first kappa shape index (κ1) is 44.0. The monoisotopic (exact) mass is 810 g/mol. The third-order valence-electron chi connectivity index (χ3n) is 16.8. The Morgan fingerprint density at radius 2 is 1.40 bits per heavy atom. The van der Waals surface area contributed by atoms with Crippen LogP contribution in [0.1, 0.15) is 93.4 Å². The molecule has 0 radical (unpaired) electrons. The molecule has 0 amide bonds. The summed E-state index contributed by atoms with van der Waals surface area (Å²) in [6, 6.07) is 0. The molecule has 57 heavy (non-hydrogen) atoms. The maximum Gasteiger partial charge on any atom is 0.187 e. The van der Waals surface area contributed by atoms with Crippen LogP contribution in [-0.2, 0) is 28.4 Å². The fraction of sp³-hybridized carbons (Fsp3) is 0.907. The highest BCUT2D eigenvalue weighted by Gasteiger charge is 2.79. The predicted molar refractivity (Wildman–Crippen MR) is 205 cm³/mol. The first-order chi connectivity index (χ1) is 26.7. The minimum absolute atomic E-state index is 0.0274. The van der Waals surface area contributed by atoms with Crippen molar-refractivity contribution < 1.29 is 69.3 Å². The fourth-order valence-electron chi connectivity index (χ4n) is 13.3. The van der Waals surface area contributed by atoms with E-state index in [0.29, 0.717) is 18.3 Å². The largest absolute Gasteiger partial charge is 0.394 e. The van der Waals surface area contributed by atoms with Gasteiger partial charge in [0.15, 0.2) is 18.9 Å². The zero-order valence-electron chi connectivity index (χ0n) is 34.9. The average molecular weight is 811 g/mol. The summed E-state index contributed by atoms with van der Waals surface area (Å²) in [6.45, 7) is 14.2. The summed E-state index contributed by atoms with van der Waals surface area (Å²) in [5, 5.41) is 82.0. The number of hydrogen-bond donors (Lipinski definition) is 8. The lowest BCUT2D eigenvalue weighted by Gasteiger charge is -2.65. The molecule has 0 aromatic rings. The van der Waals surface area contributed by atoms with Crippen LogP contribution >= 0.6 is 0 Å². The summed E-state index contributed by atoms with van der Waals surface area (Å²) in [7, 11) is 1.75. The van der Waals surface area contributed by atoms with E-state index >= 15 is 0 Å². The average Bonchev–Trinajstić information content (AvgIpc) is 3.55. The summed E-state index contributed by atoms with van der Waals surface area (Å²) in [4.78, 5) is 0. The number of aliphatic hydroxyl groups excluding tert-OH is 8. The van der Waals surface area contributed by atoms with E-state index in [-0.39, 0.29) is 28.1 Å². The third-order valence-corrected chi connectivity index (χ3v) is 16.8. The van der Waals surface area contributed by atoms with Crippen LogP contribution in [0.25, 0.3) is 0 Å². The van der Waals surface area contributed by atoms with Crippen LogP contribution in [0.5, 0.6) is 0 Å². The van der Waals surface area contributed by atoms with E-state index in [9.17, 15) is 40.9 Å². The second-order valence-electron chi connectivity index (χ2n) is 20.1. The van der Waals surface area contributed by atoms with Gasteiger partial charge in [-0.05, 0) is 87.4 Å². The minimum Gasteiger partial charge on any atom is -0.394 e. The molecule has 3 aliphatic heterocycles.